The molecule has 37 heavy (non-hydrogen) atoms. The fraction of sp³-hybridized carbons (Fsp3) is 0.452. The summed E-state index contributed by atoms with van der Waals surface area (Å²) >= 11 is 0. The second kappa shape index (κ2) is 9.55. The molecule has 2 aliphatic heterocycles. The van der Waals surface area contributed by atoms with E-state index >= 15 is 0 Å². The van der Waals surface area contributed by atoms with Gasteiger partial charge in [-0.25, -0.2) is 0 Å². The largest absolute Gasteiger partial charge is 0.391 e. The van der Waals surface area contributed by atoms with Crippen molar-refractivity contribution in [2.45, 2.75) is 75.6 Å². The van der Waals surface area contributed by atoms with Crippen LogP contribution in [-0.2, 0) is 12.0 Å². The van der Waals surface area contributed by atoms with Crippen LogP contribution in [0, 0.1) is 11.3 Å². The molecule has 0 bridgehead atoms. The summed E-state index contributed by atoms with van der Waals surface area (Å²) in [5, 5.41) is 23.1. The molecule has 6 heteroatoms. The van der Waals surface area contributed by atoms with Gasteiger partial charge in [-0.3, -0.25) is 14.7 Å². The van der Waals surface area contributed by atoms with Gasteiger partial charge in [0.2, 0.25) is 0 Å². The molecule has 3 aliphatic rings. The van der Waals surface area contributed by atoms with Gasteiger partial charge in [-0.2, -0.15) is 5.26 Å². The number of hydrogen-bond acceptors (Lipinski definition) is 5. The molecule has 0 radical (unpaired) electrons. The van der Waals surface area contributed by atoms with Gasteiger partial charge in [0.1, 0.15) is 5.41 Å². The second-order valence-corrected chi connectivity index (χ2v) is 11.0. The number of aromatic nitrogens is 1. The number of aliphatic hydroxyl groups excluding tert-OH is 1. The van der Waals surface area contributed by atoms with Gasteiger partial charge in [-0.1, -0.05) is 43.2 Å². The van der Waals surface area contributed by atoms with E-state index in [4.69, 9.17) is 0 Å². The van der Waals surface area contributed by atoms with E-state index in [1.54, 1.807) is 6.20 Å². The Bertz CT molecular complexity index is 1360. The molecular weight excluding hydrogens is 460 g/mol. The van der Waals surface area contributed by atoms with Crippen molar-refractivity contribution in [1.29, 1.82) is 5.26 Å². The number of fused-ring (bicyclic) bond motifs is 3. The highest BCUT2D eigenvalue weighted by Gasteiger charge is 2.43. The Morgan fingerprint density at radius 2 is 1.81 bits per heavy atom. The Hall–Kier alpha value is -3.27. The average molecular weight is 495 g/mol. The van der Waals surface area contributed by atoms with Crippen LogP contribution < -0.4 is 0 Å². The molecule has 1 saturated carbocycles. The zero-order chi connectivity index (χ0) is 25.6. The molecule has 2 fully saturated rings. The van der Waals surface area contributed by atoms with Crippen LogP contribution in [0.15, 0.2) is 54.7 Å². The first-order chi connectivity index (χ1) is 18.0. The molecule has 3 atom stereocenters. The van der Waals surface area contributed by atoms with Crippen LogP contribution in [0.3, 0.4) is 0 Å². The minimum Gasteiger partial charge on any atom is -0.391 e. The lowest BCUT2D eigenvalue weighted by molar-refractivity contribution is 0.00976. The van der Waals surface area contributed by atoms with Crippen molar-refractivity contribution in [3.63, 3.8) is 0 Å². The SMILES string of the molecule is CC1c2c(cc(CN3CCC(C#N)(c4ccccn4)CC3)c3ccccc23)C(=O)N1[C@H]1CCCC[C@@H]1O. The molecule has 3 aromatic rings. The minimum absolute atomic E-state index is 0.0520. The normalized spacial score (nSPS) is 25.7. The third-order valence-corrected chi connectivity index (χ3v) is 9.00. The molecule has 1 saturated heterocycles. The summed E-state index contributed by atoms with van der Waals surface area (Å²) in [7, 11) is 0. The summed E-state index contributed by atoms with van der Waals surface area (Å²) < 4.78 is 0. The van der Waals surface area contributed by atoms with Crippen LogP contribution in [0.25, 0.3) is 10.8 Å². The lowest BCUT2D eigenvalue weighted by Gasteiger charge is -2.38. The Balaban J connectivity index is 1.29. The third kappa shape index (κ3) is 4.02. The smallest absolute Gasteiger partial charge is 0.255 e. The number of carbonyl (C=O) groups is 1. The molecule has 2 aromatic carbocycles. The van der Waals surface area contributed by atoms with Crippen LogP contribution in [0.2, 0.25) is 0 Å². The van der Waals surface area contributed by atoms with Crippen molar-refractivity contribution < 1.29 is 9.90 Å². The molecule has 1 aromatic heterocycles. The zero-order valence-corrected chi connectivity index (χ0v) is 21.4. The van der Waals surface area contributed by atoms with Crippen molar-refractivity contribution in [3.8, 4) is 6.07 Å². The van der Waals surface area contributed by atoms with Crippen molar-refractivity contribution in [2.75, 3.05) is 13.1 Å². The van der Waals surface area contributed by atoms with Gasteiger partial charge >= 0.3 is 0 Å². The highest BCUT2D eigenvalue weighted by molar-refractivity contribution is 6.06. The molecule has 6 rings (SSSR count). The number of nitriles is 1. The summed E-state index contributed by atoms with van der Waals surface area (Å²) in [4.78, 5) is 22.6. The Morgan fingerprint density at radius 1 is 1.08 bits per heavy atom. The molecule has 0 spiro atoms. The standard InChI is InChI=1S/C31H34N4O2/c1-21-29-24-9-3-2-8-23(24)22(18-25(29)30(37)35(21)26-10-4-5-11-27(26)36)19-34-16-13-31(20-32,14-17-34)28-12-6-7-15-33-28/h2-3,6-9,12,15,18,21,26-27,36H,4-5,10-11,13-14,16-17,19H2,1H3/t21?,26-,27-/m0/s1. The highest BCUT2D eigenvalue weighted by atomic mass is 16.3. The van der Waals surface area contributed by atoms with E-state index in [2.05, 4.69) is 53.2 Å². The first-order valence-corrected chi connectivity index (χ1v) is 13.6. The molecule has 1 amide bonds. The fourth-order valence-corrected chi connectivity index (χ4v) is 6.94. The van der Waals surface area contributed by atoms with Crippen LogP contribution in [0.5, 0.6) is 0 Å². The number of carbonyl (C=O) groups excluding carboxylic acids is 1. The molecule has 3 heterocycles. The van der Waals surface area contributed by atoms with Crippen molar-refractivity contribution in [1.82, 2.24) is 14.8 Å². The number of hydrogen-bond donors (Lipinski definition) is 1. The molecular formula is C31H34N4O2. The highest BCUT2D eigenvalue weighted by Crippen LogP contribution is 2.43. The van der Waals surface area contributed by atoms with Crippen LogP contribution in [0.1, 0.15) is 78.7 Å². The number of amides is 1. The number of benzene rings is 2. The van der Waals surface area contributed by atoms with Gasteiger partial charge in [-0.05, 0) is 72.7 Å². The number of likely N-dealkylation sites (tertiary alicyclic amines) is 1. The van der Waals surface area contributed by atoms with E-state index in [9.17, 15) is 15.2 Å². The Labute approximate surface area is 218 Å². The van der Waals surface area contributed by atoms with E-state index in [1.165, 1.54) is 5.39 Å². The van der Waals surface area contributed by atoms with Crippen LogP contribution in [0.4, 0.5) is 0 Å². The van der Waals surface area contributed by atoms with Gasteiger partial charge in [0.25, 0.3) is 5.91 Å². The number of nitrogens with zero attached hydrogens (tertiary/aromatic N) is 4. The van der Waals surface area contributed by atoms with Crippen molar-refractivity contribution >= 4 is 16.7 Å². The fourth-order valence-electron chi connectivity index (χ4n) is 6.94. The predicted molar refractivity (Wildman–Crippen MR) is 143 cm³/mol. The maximum absolute atomic E-state index is 13.8. The van der Waals surface area contributed by atoms with Crippen molar-refractivity contribution in [2.24, 2.45) is 0 Å². The zero-order valence-electron chi connectivity index (χ0n) is 21.4. The first-order valence-electron chi connectivity index (χ1n) is 13.6. The molecule has 190 valence electrons. The predicted octanol–water partition coefficient (Wildman–Crippen LogP) is 5.11. The topological polar surface area (TPSA) is 80.5 Å². The number of aliphatic hydroxyl groups is 1. The maximum Gasteiger partial charge on any atom is 0.255 e. The molecule has 6 nitrogen and oxygen atoms in total. The summed E-state index contributed by atoms with van der Waals surface area (Å²) in [5.41, 5.74) is 3.37. The second-order valence-electron chi connectivity index (χ2n) is 11.0. The quantitative estimate of drug-likeness (QED) is 0.545. The Morgan fingerprint density at radius 3 is 2.51 bits per heavy atom. The average Bonchev–Trinajstić information content (AvgIpc) is 3.19. The van der Waals surface area contributed by atoms with E-state index in [1.807, 2.05) is 23.1 Å². The van der Waals surface area contributed by atoms with Gasteiger partial charge < -0.3 is 10.0 Å². The van der Waals surface area contributed by atoms with Gasteiger partial charge in [-0.15, -0.1) is 0 Å². The van der Waals surface area contributed by atoms with Gasteiger partial charge in [0.05, 0.1) is 30.0 Å². The molecule has 1 unspecified atom stereocenters. The Kier molecular flexibility index (Phi) is 6.22. The summed E-state index contributed by atoms with van der Waals surface area (Å²) in [6.07, 6.45) is 6.51. The lowest BCUT2D eigenvalue weighted by atomic mass is 9.76. The number of rotatable bonds is 4. The summed E-state index contributed by atoms with van der Waals surface area (Å²) in [6, 6.07) is 18.8. The van der Waals surface area contributed by atoms with Crippen LogP contribution >= 0.6 is 0 Å². The van der Waals surface area contributed by atoms with E-state index < -0.39 is 11.5 Å². The minimum atomic E-state index is -0.537. The number of pyridine rings is 1. The van der Waals surface area contributed by atoms with E-state index in [0.29, 0.717) is 0 Å². The number of piperidine rings is 1. The third-order valence-electron chi connectivity index (χ3n) is 9.00. The maximum atomic E-state index is 13.8. The summed E-state index contributed by atoms with van der Waals surface area (Å²) in [6.45, 7) is 4.46. The van der Waals surface area contributed by atoms with Crippen molar-refractivity contribution in [3.05, 3.63) is 77.1 Å². The summed E-state index contributed by atoms with van der Waals surface area (Å²) in [5.74, 6) is 0.0535. The van der Waals surface area contributed by atoms with E-state index in [0.717, 1.165) is 85.9 Å². The first kappa shape index (κ1) is 24.1. The monoisotopic (exact) mass is 494 g/mol. The molecule has 1 N–H and O–H groups in total. The van der Waals surface area contributed by atoms with Crippen LogP contribution in [-0.4, -0.2) is 51.0 Å². The lowest BCUT2D eigenvalue weighted by Crippen LogP contribution is -2.46. The van der Waals surface area contributed by atoms with Gasteiger partial charge in [0, 0.05) is 31.4 Å². The van der Waals surface area contributed by atoms with E-state index in [-0.39, 0.29) is 18.0 Å². The molecule has 1 aliphatic carbocycles. The van der Waals surface area contributed by atoms with Gasteiger partial charge in [0.15, 0.2) is 0 Å².